The Balaban J connectivity index is 1.17. The fourth-order valence-electron chi connectivity index (χ4n) is 9.28. The maximum absolute atomic E-state index is 17.3. The first kappa shape index (κ1) is 35.3. The van der Waals surface area contributed by atoms with Crippen molar-refractivity contribution in [2.75, 3.05) is 36.9 Å². The van der Waals surface area contributed by atoms with Crippen molar-refractivity contribution in [3.63, 3.8) is 0 Å². The number of piperidine rings is 1. The number of carbonyl (C=O) groups excluding carboxylic acids is 1. The van der Waals surface area contributed by atoms with E-state index in [9.17, 15) is 14.4 Å². The molecule has 4 aliphatic rings. The average molecular weight is 798 g/mol. The number of alkyl halides is 1. The molecule has 7 heterocycles. The highest BCUT2D eigenvalue weighted by Gasteiger charge is 2.50. The Morgan fingerprint density at radius 1 is 1.19 bits per heavy atom. The maximum Gasteiger partial charge on any atom is 0.346 e. The van der Waals surface area contributed by atoms with Crippen LogP contribution in [-0.2, 0) is 0 Å². The lowest BCUT2D eigenvalue weighted by atomic mass is 9.92. The zero-order valence-corrected chi connectivity index (χ0v) is 31.2. The molecular formula is C36H33Cl2F3N10O2S. The predicted octanol–water partition coefficient (Wildman–Crippen LogP) is 7.20. The molecule has 280 valence electrons. The van der Waals surface area contributed by atoms with Crippen molar-refractivity contribution < 1.29 is 22.7 Å². The largest absolute Gasteiger partial charge is 0.461 e. The van der Waals surface area contributed by atoms with Gasteiger partial charge in [0.1, 0.15) is 47.3 Å². The topological polar surface area (TPSA) is 142 Å². The summed E-state index contributed by atoms with van der Waals surface area (Å²) in [5.74, 6) is -1.04. The van der Waals surface area contributed by atoms with E-state index in [2.05, 4.69) is 20.0 Å². The summed E-state index contributed by atoms with van der Waals surface area (Å²) >= 11 is 13.8. The van der Waals surface area contributed by atoms with Crippen molar-refractivity contribution in [2.24, 2.45) is 0 Å². The Bertz CT molecular complexity index is 2410. The average Bonchev–Trinajstić information content (AvgIpc) is 3.97. The lowest BCUT2D eigenvalue weighted by Crippen LogP contribution is -2.57. The number of anilines is 2. The summed E-state index contributed by atoms with van der Waals surface area (Å²) in [6.07, 6.45) is 4.26. The number of amides is 1. The van der Waals surface area contributed by atoms with Gasteiger partial charge in [-0.2, -0.15) is 19.9 Å². The molecule has 12 nitrogen and oxygen atoms in total. The molecule has 0 bridgehead atoms. The number of hydrogen-bond acceptors (Lipinski definition) is 11. The quantitative estimate of drug-likeness (QED) is 0.194. The molecule has 3 aromatic heterocycles. The molecular weight excluding hydrogens is 764 g/mol. The lowest BCUT2D eigenvalue weighted by Gasteiger charge is -2.43. The number of rotatable bonds is 5. The molecule has 0 aliphatic carbocycles. The van der Waals surface area contributed by atoms with Gasteiger partial charge in [-0.3, -0.25) is 4.90 Å². The van der Waals surface area contributed by atoms with Crippen LogP contribution in [-0.4, -0.2) is 96.6 Å². The molecule has 4 aliphatic heterocycles. The smallest absolute Gasteiger partial charge is 0.346 e. The number of hydrogen-bond donors (Lipinski definition) is 1. The second-order valence-electron chi connectivity index (χ2n) is 14.6. The van der Waals surface area contributed by atoms with Crippen molar-refractivity contribution in [1.29, 1.82) is 5.26 Å². The second kappa shape index (κ2) is 13.1. The fourth-order valence-corrected chi connectivity index (χ4v) is 10.6. The van der Waals surface area contributed by atoms with E-state index in [4.69, 9.17) is 38.7 Å². The fraction of sp³-hybridized carbons (Fsp3) is 0.444. The van der Waals surface area contributed by atoms with E-state index >= 15 is 8.78 Å². The van der Waals surface area contributed by atoms with Crippen LogP contribution in [0.15, 0.2) is 24.5 Å². The molecule has 18 heteroatoms. The number of fused-ring (bicyclic) bond motifs is 4. The number of nitriles is 1. The van der Waals surface area contributed by atoms with Gasteiger partial charge in [-0.05, 0) is 74.9 Å². The third-order valence-corrected chi connectivity index (χ3v) is 13.1. The second-order valence-corrected chi connectivity index (χ2v) is 16.4. The number of ether oxygens (including phenoxy) is 1. The zero-order valence-electron chi connectivity index (χ0n) is 28.9. The number of benzene rings is 2. The minimum absolute atomic E-state index is 0.00612. The Morgan fingerprint density at radius 3 is 2.80 bits per heavy atom. The summed E-state index contributed by atoms with van der Waals surface area (Å²) in [5, 5.41) is 14.5. The molecule has 2 aromatic carbocycles. The highest BCUT2D eigenvalue weighted by Crippen LogP contribution is 2.47. The van der Waals surface area contributed by atoms with Gasteiger partial charge in [0, 0.05) is 41.9 Å². The summed E-state index contributed by atoms with van der Waals surface area (Å²) in [6.45, 7) is 3.67. The number of aromatic nitrogens is 5. The van der Waals surface area contributed by atoms with Gasteiger partial charge < -0.3 is 20.3 Å². The van der Waals surface area contributed by atoms with Crippen LogP contribution in [0.3, 0.4) is 0 Å². The number of nitrogens with zero attached hydrogens (tertiary/aromatic N) is 9. The van der Waals surface area contributed by atoms with Gasteiger partial charge >= 0.3 is 12.0 Å². The van der Waals surface area contributed by atoms with Crippen LogP contribution >= 0.6 is 34.5 Å². The molecule has 0 radical (unpaired) electrons. The van der Waals surface area contributed by atoms with Crippen LogP contribution in [0.1, 0.15) is 51.0 Å². The highest BCUT2D eigenvalue weighted by atomic mass is 35.5. The minimum Gasteiger partial charge on any atom is -0.461 e. The monoisotopic (exact) mass is 796 g/mol. The Kier molecular flexibility index (Phi) is 8.56. The van der Waals surface area contributed by atoms with Crippen LogP contribution in [0.5, 0.6) is 6.01 Å². The van der Waals surface area contributed by atoms with E-state index in [1.807, 2.05) is 17.9 Å². The molecule has 5 atom stereocenters. The molecule has 54 heavy (non-hydrogen) atoms. The van der Waals surface area contributed by atoms with E-state index in [1.54, 1.807) is 11.0 Å². The molecule has 0 saturated carbocycles. The van der Waals surface area contributed by atoms with Gasteiger partial charge in [0.2, 0.25) is 5.28 Å². The van der Waals surface area contributed by atoms with Crippen LogP contribution < -0.4 is 15.4 Å². The predicted molar refractivity (Wildman–Crippen MR) is 199 cm³/mol. The summed E-state index contributed by atoms with van der Waals surface area (Å²) in [7, 11) is 0. The van der Waals surface area contributed by atoms with Gasteiger partial charge in [-0.1, -0.05) is 17.7 Å². The molecule has 5 aromatic rings. The highest BCUT2D eigenvalue weighted by molar-refractivity contribution is 7.23. The van der Waals surface area contributed by atoms with Crippen molar-refractivity contribution in [3.8, 4) is 23.2 Å². The number of halogens is 5. The SMILES string of the molecule is CC1CCC2C(CCN2c2nc(OC[C@@]34CCCN3C[C@H](F)C4)nc3c(F)c(-c4ccc(F)c5sc(N)c(C#N)c45)c(Cl)cc23)N1C(=O)n1cnc(Cl)n1. The molecule has 0 spiro atoms. The van der Waals surface area contributed by atoms with Crippen LogP contribution in [0.25, 0.3) is 32.1 Å². The molecule has 9 rings (SSSR count). The molecule has 4 saturated heterocycles. The van der Waals surface area contributed by atoms with Crippen LogP contribution in [0, 0.1) is 23.0 Å². The van der Waals surface area contributed by atoms with E-state index in [-0.39, 0.29) is 84.4 Å². The van der Waals surface area contributed by atoms with E-state index < -0.39 is 23.3 Å². The molecule has 4 fully saturated rings. The number of likely N-dealkylation sites (tertiary alicyclic amines) is 1. The van der Waals surface area contributed by atoms with Gasteiger partial charge in [0.15, 0.2) is 5.82 Å². The summed E-state index contributed by atoms with van der Waals surface area (Å²) in [4.78, 5) is 33.1. The number of carbonyl (C=O) groups is 1. The van der Waals surface area contributed by atoms with E-state index in [0.717, 1.165) is 35.4 Å². The number of thiophene rings is 1. The molecule has 2 N–H and O–H groups in total. The third kappa shape index (κ3) is 5.45. The van der Waals surface area contributed by atoms with E-state index in [1.165, 1.54) is 18.5 Å². The van der Waals surface area contributed by atoms with Gasteiger partial charge in [0.25, 0.3) is 0 Å². The molecule has 1 amide bonds. The first-order chi connectivity index (χ1) is 26.0. The third-order valence-electron chi connectivity index (χ3n) is 11.6. The van der Waals surface area contributed by atoms with Gasteiger partial charge in [0.05, 0.1) is 32.9 Å². The van der Waals surface area contributed by atoms with Gasteiger partial charge in [-0.15, -0.1) is 16.4 Å². The molecule has 3 unspecified atom stereocenters. The summed E-state index contributed by atoms with van der Waals surface area (Å²) in [5.41, 5.74) is 5.63. The van der Waals surface area contributed by atoms with Crippen LogP contribution in [0.4, 0.5) is 28.8 Å². The van der Waals surface area contributed by atoms with Crippen molar-refractivity contribution in [2.45, 2.75) is 75.3 Å². The maximum atomic E-state index is 17.3. The van der Waals surface area contributed by atoms with Gasteiger partial charge in [-0.25, -0.2) is 22.9 Å². The Morgan fingerprint density at radius 2 is 2.02 bits per heavy atom. The summed E-state index contributed by atoms with van der Waals surface area (Å²) < 4.78 is 54.5. The summed E-state index contributed by atoms with van der Waals surface area (Å²) in [6, 6.07) is 5.17. The standard InChI is InChI=1S/C36H33Cl2F3N10O2S/c1-17-3-6-24-25(51(17)35(52)50-16-44-33(38)47-50)7-10-49(24)32-20-11-22(37)27(19-4-5-23(40)30-26(19)21(13-42)31(43)54-30)28(41)29(20)45-34(46-32)53-15-36-8-2-9-48(36)14-18(39)12-36/h4-5,11,16-18,24-25H,2-3,6-10,12,14-15,43H2,1H3/t17?,18-,24?,25?,36+/m1/s1. The Hall–Kier alpha value is -4.43. The first-order valence-corrected chi connectivity index (χ1v) is 19.3. The van der Waals surface area contributed by atoms with Crippen LogP contribution in [0.2, 0.25) is 10.3 Å². The first-order valence-electron chi connectivity index (χ1n) is 17.8. The normalized spacial score (nSPS) is 25.4. The number of nitrogens with two attached hydrogens (primary N) is 1. The lowest BCUT2D eigenvalue weighted by molar-refractivity contribution is 0.107. The minimum atomic E-state index is -0.976. The van der Waals surface area contributed by atoms with E-state index in [0.29, 0.717) is 50.0 Å². The Labute approximate surface area is 321 Å². The number of nitrogen functional groups attached to an aromatic ring is 1. The zero-order chi connectivity index (χ0) is 37.6. The van der Waals surface area contributed by atoms with Crippen molar-refractivity contribution >= 4 is 72.4 Å². The van der Waals surface area contributed by atoms with Crippen molar-refractivity contribution in [1.82, 2.24) is 34.5 Å². The van der Waals surface area contributed by atoms with Crippen molar-refractivity contribution in [3.05, 3.63) is 52.0 Å².